The molecule has 0 bridgehead atoms. The molecule has 0 saturated carbocycles. The number of nitrogens with zero attached hydrogens (tertiary/aromatic N) is 1. The Labute approximate surface area is 172 Å². The molecule has 4 heteroatoms. The summed E-state index contributed by atoms with van der Waals surface area (Å²) >= 11 is 0. The van der Waals surface area contributed by atoms with Gasteiger partial charge >= 0.3 is 0 Å². The maximum absolute atomic E-state index is 12.9. The molecule has 1 aliphatic heterocycles. The predicted octanol–water partition coefficient (Wildman–Crippen LogP) is 5.28. The highest BCUT2D eigenvalue weighted by Crippen LogP contribution is 2.33. The molecular weight excluding hydrogens is 360 g/mol. The lowest BCUT2D eigenvalue weighted by Crippen LogP contribution is -2.42. The average molecular weight is 386 g/mol. The molecule has 1 N–H and O–H groups in total. The first-order chi connectivity index (χ1) is 14.3. The zero-order valence-corrected chi connectivity index (χ0v) is 16.7. The zero-order valence-electron chi connectivity index (χ0n) is 16.7. The molecule has 4 nitrogen and oxygen atoms in total. The highest BCUT2D eigenvalue weighted by molar-refractivity contribution is 6.01. The number of benzene rings is 3. The van der Waals surface area contributed by atoms with Gasteiger partial charge in [0.1, 0.15) is 11.9 Å². The minimum absolute atomic E-state index is 0.0565. The maximum Gasteiger partial charge on any atom is 0.257 e. The van der Waals surface area contributed by atoms with Gasteiger partial charge in [-0.05, 0) is 55.2 Å². The lowest BCUT2D eigenvalue weighted by molar-refractivity contribution is 0.0694. The lowest BCUT2D eigenvalue weighted by atomic mass is 10.0. The number of anilines is 1. The molecule has 1 atom stereocenters. The highest BCUT2D eigenvalue weighted by atomic mass is 16.5. The van der Waals surface area contributed by atoms with Crippen LogP contribution in [0.25, 0.3) is 0 Å². The van der Waals surface area contributed by atoms with E-state index in [1.165, 1.54) is 5.56 Å². The maximum atomic E-state index is 12.9. The number of carbonyl (C=O) groups excluding carboxylic acids is 1. The molecule has 0 aromatic heterocycles. The van der Waals surface area contributed by atoms with Crippen LogP contribution in [-0.4, -0.2) is 24.0 Å². The number of nitrogens with one attached hydrogen (secondary N) is 1. The summed E-state index contributed by atoms with van der Waals surface area (Å²) < 4.78 is 5.99. The van der Waals surface area contributed by atoms with Gasteiger partial charge in [0.2, 0.25) is 0 Å². The van der Waals surface area contributed by atoms with Crippen molar-refractivity contribution in [2.75, 3.05) is 18.5 Å². The monoisotopic (exact) mass is 386 g/mol. The number of rotatable bonds is 7. The van der Waals surface area contributed by atoms with E-state index in [-0.39, 0.29) is 12.1 Å². The molecule has 1 amide bonds. The van der Waals surface area contributed by atoms with Crippen LogP contribution in [-0.2, 0) is 6.42 Å². The van der Waals surface area contributed by atoms with E-state index in [2.05, 4.69) is 29.6 Å². The van der Waals surface area contributed by atoms with Crippen molar-refractivity contribution in [1.29, 1.82) is 0 Å². The van der Waals surface area contributed by atoms with Gasteiger partial charge in [-0.1, -0.05) is 54.6 Å². The third-order valence-electron chi connectivity index (χ3n) is 5.26. The van der Waals surface area contributed by atoms with Crippen molar-refractivity contribution in [3.63, 3.8) is 0 Å². The summed E-state index contributed by atoms with van der Waals surface area (Å²) in [6, 6.07) is 26.2. The van der Waals surface area contributed by atoms with E-state index in [0.717, 1.165) is 35.4 Å². The number of hydrogen-bond donors (Lipinski definition) is 1. The van der Waals surface area contributed by atoms with Gasteiger partial charge in [-0.25, -0.2) is 0 Å². The van der Waals surface area contributed by atoms with Crippen molar-refractivity contribution in [3.05, 3.63) is 95.6 Å². The minimum atomic E-state index is -0.199. The normalized spacial score (nSPS) is 15.6. The number of ether oxygens (including phenoxy) is 1. The number of carbonyl (C=O) groups is 1. The molecule has 3 aromatic rings. The van der Waals surface area contributed by atoms with Gasteiger partial charge in [0.15, 0.2) is 0 Å². The molecule has 0 spiro atoms. The number of fused-ring (bicyclic) bond motifs is 1. The molecule has 1 heterocycles. The Morgan fingerprint density at radius 1 is 0.966 bits per heavy atom. The highest BCUT2D eigenvalue weighted by Gasteiger charge is 2.31. The number of aryl methyl sites for hydroxylation is 1. The van der Waals surface area contributed by atoms with E-state index in [4.69, 9.17) is 4.74 Å². The third kappa shape index (κ3) is 4.27. The van der Waals surface area contributed by atoms with E-state index in [0.29, 0.717) is 13.2 Å². The van der Waals surface area contributed by atoms with Crippen LogP contribution in [0, 0.1) is 0 Å². The minimum Gasteiger partial charge on any atom is -0.494 e. The molecule has 4 rings (SSSR count). The first kappa shape index (κ1) is 19.1. The molecule has 148 valence electrons. The Morgan fingerprint density at radius 3 is 2.59 bits per heavy atom. The van der Waals surface area contributed by atoms with E-state index >= 15 is 0 Å². The Balaban J connectivity index is 1.44. The fourth-order valence-electron chi connectivity index (χ4n) is 3.77. The van der Waals surface area contributed by atoms with Gasteiger partial charge in [-0.3, -0.25) is 4.79 Å². The number of hydrogen-bond acceptors (Lipinski definition) is 3. The van der Waals surface area contributed by atoms with Crippen LogP contribution in [0.15, 0.2) is 78.9 Å². The summed E-state index contributed by atoms with van der Waals surface area (Å²) in [6.45, 7) is 3.30. The van der Waals surface area contributed by atoms with Crippen molar-refractivity contribution < 1.29 is 9.53 Å². The largest absolute Gasteiger partial charge is 0.494 e. The van der Waals surface area contributed by atoms with Gasteiger partial charge in [-0.15, -0.1) is 0 Å². The van der Waals surface area contributed by atoms with Crippen LogP contribution in [0.1, 0.15) is 41.0 Å². The first-order valence-electron chi connectivity index (χ1n) is 10.2. The van der Waals surface area contributed by atoms with Gasteiger partial charge in [0.05, 0.1) is 12.2 Å². The number of para-hydroxylation sites is 1. The van der Waals surface area contributed by atoms with E-state index < -0.39 is 0 Å². The molecule has 0 radical (unpaired) electrons. The first-order valence-corrected chi connectivity index (χ1v) is 10.2. The molecule has 0 saturated heterocycles. The van der Waals surface area contributed by atoms with Crippen LogP contribution in [0.4, 0.5) is 5.69 Å². The van der Waals surface area contributed by atoms with Crippen LogP contribution < -0.4 is 10.1 Å². The second kappa shape index (κ2) is 8.82. The Hall–Kier alpha value is -3.27. The summed E-state index contributed by atoms with van der Waals surface area (Å²) in [5.74, 6) is 0.890. The van der Waals surface area contributed by atoms with Crippen molar-refractivity contribution in [2.24, 2.45) is 0 Å². The third-order valence-corrected chi connectivity index (χ3v) is 5.26. The van der Waals surface area contributed by atoms with E-state index in [1.54, 1.807) is 0 Å². The molecule has 3 aromatic carbocycles. The summed E-state index contributed by atoms with van der Waals surface area (Å²) in [7, 11) is 0. The molecular formula is C25H26N2O2. The Morgan fingerprint density at radius 2 is 1.76 bits per heavy atom. The van der Waals surface area contributed by atoms with Gasteiger partial charge in [-0.2, -0.15) is 0 Å². The van der Waals surface area contributed by atoms with Crippen LogP contribution in [0.3, 0.4) is 0 Å². The second-order valence-corrected chi connectivity index (χ2v) is 7.19. The van der Waals surface area contributed by atoms with Gasteiger partial charge < -0.3 is 15.0 Å². The number of amides is 1. The van der Waals surface area contributed by atoms with E-state index in [9.17, 15) is 4.79 Å². The van der Waals surface area contributed by atoms with Crippen LogP contribution >= 0.6 is 0 Å². The topological polar surface area (TPSA) is 41.6 Å². The van der Waals surface area contributed by atoms with Crippen LogP contribution in [0.5, 0.6) is 5.75 Å². The smallest absolute Gasteiger partial charge is 0.257 e. The summed E-state index contributed by atoms with van der Waals surface area (Å²) in [6.07, 6.45) is 1.76. The summed E-state index contributed by atoms with van der Waals surface area (Å²) in [4.78, 5) is 14.8. The van der Waals surface area contributed by atoms with E-state index in [1.807, 2.05) is 66.4 Å². The molecule has 0 aliphatic carbocycles. The van der Waals surface area contributed by atoms with Gasteiger partial charge in [0.25, 0.3) is 5.91 Å². The summed E-state index contributed by atoms with van der Waals surface area (Å²) in [5, 5.41) is 3.51. The Bertz CT molecular complexity index is 971. The zero-order chi connectivity index (χ0) is 20.1. The standard InChI is InChI=1S/C25H26N2O2/c1-2-27-24(26-23-16-7-6-15-22(23)25(27)28)20-13-8-14-21(18-20)29-17-9-12-19-10-4-3-5-11-19/h3-8,10-11,13-16,18,24,26H,2,9,12,17H2,1H3. The van der Waals surface area contributed by atoms with Crippen molar-refractivity contribution in [2.45, 2.75) is 25.9 Å². The SMILES string of the molecule is CCN1C(=O)c2ccccc2NC1c1cccc(OCCCc2ccccc2)c1. The average Bonchev–Trinajstić information content (AvgIpc) is 2.78. The quantitative estimate of drug-likeness (QED) is 0.561. The van der Waals surface area contributed by atoms with Crippen molar-refractivity contribution >= 4 is 11.6 Å². The molecule has 29 heavy (non-hydrogen) atoms. The summed E-state index contributed by atoms with van der Waals surface area (Å²) in [5.41, 5.74) is 3.95. The van der Waals surface area contributed by atoms with Crippen molar-refractivity contribution in [3.8, 4) is 5.75 Å². The van der Waals surface area contributed by atoms with Crippen LogP contribution in [0.2, 0.25) is 0 Å². The predicted molar refractivity (Wildman–Crippen MR) is 116 cm³/mol. The molecule has 1 unspecified atom stereocenters. The fourth-order valence-corrected chi connectivity index (χ4v) is 3.77. The Kier molecular flexibility index (Phi) is 5.80. The van der Waals surface area contributed by atoms with Crippen molar-refractivity contribution in [1.82, 2.24) is 4.90 Å². The second-order valence-electron chi connectivity index (χ2n) is 7.19. The molecule has 1 aliphatic rings. The molecule has 0 fully saturated rings. The van der Waals surface area contributed by atoms with Gasteiger partial charge in [0, 0.05) is 12.2 Å². The lowest BCUT2D eigenvalue weighted by Gasteiger charge is -2.37. The fraction of sp³-hybridized carbons (Fsp3) is 0.240.